The number of hydrogen-bond donors (Lipinski definition) is 1. The molecule has 6 nitrogen and oxygen atoms in total. The fourth-order valence-electron chi connectivity index (χ4n) is 4.21. The van der Waals surface area contributed by atoms with Crippen LogP contribution in [0.4, 0.5) is 5.69 Å². The summed E-state index contributed by atoms with van der Waals surface area (Å²) in [6.45, 7) is 0. The molecule has 2 aromatic rings. The maximum absolute atomic E-state index is 13.0. The van der Waals surface area contributed by atoms with Crippen LogP contribution in [0, 0.1) is 0 Å². The third kappa shape index (κ3) is 5.21. The number of nitrogens with one attached hydrogen (secondary N) is 1. The van der Waals surface area contributed by atoms with Gasteiger partial charge < -0.3 is 10.1 Å². The first-order valence-corrected chi connectivity index (χ1v) is 11.2. The number of benzene rings is 1. The van der Waals surface area contributed by atoms with Gasteiger partial charge in [0.05, 0.1) is 13.2 Å². The van der Waals surface area contributed by atoms with Gasteiger partial charge in [0.2, 0.25) is 0 Å². The number of ether oxygens (including phenoxy) is 1. The van der Waals surface area contributed by atoms with Gasteiger partial charge in [-0.25, -0.2) is 0 Å². The molecule has 2 aliphatic rings. The van der Waals surface area contributed by atoms with Crippen LogP contribution in [0.15, 0.2) is 40.1 Å². The summed E-state index contributed by atoms with van der Waals surface area (Å²) in [5.74, 6) is 0.446. The predicted octanol–water partition coefficient (Wildman–Crippen LogP) is 4.71. The second-order valence-corrected chi connectivity index (χ2v) is 8.80. The van der Waals surface area contributed by atoms with Crippen LogP contribution >= 0.6 is 28.3 Å². The molecule has 2 fully saturated rings. The largest absolute Gasteiger partial charge is 0.497 e. The molecule has 0 spiro atoms. The molecule has 0 unspecified atom stereocenters. The molecular weight excluding hydrogens is 466 g/mol. The highest BCUT2D eigenvalue weighted by Gasteiger charge is 2.22. The van der Waals surface area contributed by atoms with Crippen LogP contribution in [0.2, 0.25) is 0 Å². The van der Waals surface area contributed by atoms with E-state index in [9.17, 15) is 9.59 Å². The molecule has 1 amide bonds. The average molecular weight is 494 g/mol. The predicted molar refractivity (Wildman–Crippen MR) is 125 cm³/mol. The van der Waals surface area contributed by atoms with Gasteiger partial charge in [0.1, 0.15) is 10.6 Å². The maximum Gasteiger partial charge on any atom is 0.266 e. The van der Waals surface area contributed by atoms with Gasteiger partial charge in [0, 0.05) is 17.8 Å². The van der Waals surface area contributed by atoms with Crippen LogP contribution < -0.4 is 20.4 Å². The number of rotatable bonds is 5. The Bertz CT molecular complexity index is 988. The number of nitrogens with zero attached hydrogens (tertiary/aromatic N) is 2. The van der Waals surface area contributed by atoms with E-state index in [1.54, 1.807) is 31.4 Å². The zero-order chi connectivity index (χ0) is 20.2. The summed E-state index contributed by atoms with van der Waals surface area (Å²) in [7, 11) is 1.60. The van der Waals surface area contributed by atoms with Crippen LogP contribution in [0.5, 0.6) is 5.75 Å². The standard InChI is InChI=1S/C22H27N3O3S.BrH/c1-28-18-12-10-16(11-13-18)23-21(27)19-14-20(26)25(17-8-4-5-9-17)22(29-19)24-15-6-2-3-7-15;/h10-15,17H,2-9H2,1H3,(H,23,27);1H. The molecule has 2 aliphatic carbocycles. The Morgan fingerprint density at radius 3 is 2.37 bits per heavy atom. The van der Waals surface area contributed by atoms with E-state index >= 15 is 0 Å². The van der Waals surface area contributed by atoms with Crippen molar-refractivity contribution in [2.45, 2.75) is 63.5 Å². The molecule has 4 rings (SSSR count). The summed E-state index contributed by atoms with van der Waals surface area (Å²) in [6, 6.07) is 9.08. The monoisotopic (exact) mass is 493 g/mol. The van der Waals surface area contributed by atoms with Crippen molar-refractivity contribution in [2.75, 3.05) is 12.4 Å². The number of amides is 1. The van der Waals surface area contributed by atoms with E-state index in [2.05, 4.69) is 5.32 Å². The first-order valence-electron chi connectivity index (χ1n) is 10.4. The van der Waals surface area contributed by atoms with Crippen LogP contribution in [-0.4, -0.2) is 23.6 Å². The Kier molecular flexibility index (Phi) is 7.88. The zero-order valence-electron chi connectivity index (χ0n) is 17.1. The number of hydrogen-bond acceptors (Lipinski definition) is 5. The van der Waals surface area contributed by atoms with Crippen molar-refractivity contribution in [3.63, 3.8) is 0 Å². The van der Waals surface area contributed by atoms with Gasteiger partial charge in [0.25, 0.3) is 11.5 Å². The third-order valence-corrected chi connectivity index (χ3v) is 6.79. The van der Waals surface area contributed by atoms with Gasteiger partial charge in [0.15, 0.2) is 4.80 Å². The Morgan fingerprint density at radius 1 is 1.10 bits per heavy atom. The Labute approximate surface area is 190 Å². The normalized spacial score (nSPS) is 17.7. The van der Waals surface area contributed by atoms with Gasteiger partial charge in [-0.2, -0.15) is 0 Å². The van der Waals surface area contributed by atoms with Crippen molar-refractivity contribution in [3.05, 3.63) is 50.4 Å². The first kappa shape index (κ1) is 22.7. The summed E-state index contributed by atoms with van der Waals surface area (Å²) in [5, 5.41) is 2.87. The lowest BCUT2D eigenvalue weighted by Gasteiger charge is -2.15. The fourth-order valence-corrected chi connectivity index (χ4v) is 5.25. The third-order valence-electron chi connectivity index (χ3n) is 5.78. The Hall–Kier alpha value is -1.93. The smallest absolute Gasteiger partial charge is 0.266 e. The molecular formula is C22H28BrN3O3S. The molecule has 0 saturated heterocycles. The van der Waals surface area contributed by atoms with Crippen molar-refractivity contribution in [1.29, 1.82) is 0 Å². The number of methoxy groups -OCH3 is 1. The van der Waals surface area contributed by atoms with Crippen LogP contribution in [0.25, 0.3) is 0 Å². The zero-order valence-corrected chi connectivity index (χ0v) is 19.7. The van der Waals surface area contributed by atoms with Gasteiger partial charge >= 0.3 is 0 Å². The Morgan fingerprint density at radius 2 is 1.73 bits per heavy atom. The summed E-state index contributed by atoms with van der Waals surface area (Å²) in [6.07, 6.45) is 8.80. The average Bonchev–Trinajstić information content (AvgIpc) is 3.42. The van der Waals surface area contributed by atoms with Crippen molar-refractivity contribution in [3.8, 4) is 5.75 Å². The molecule has 1 heterocycles. The number of anilines is 1. The molecule has 1 aromatic carbocycles. The molecule has 8 heteroatoms. The number of halogens is 1. The van der Waals surface area contributed by atoms with E-state index in [1.807, 2.05) is 4.57 Å². The maximum atomic E-state index is 13.0. The SMILES string of the molecule is Br.COc1ccc(NC(=O)c2cc(=O)n(C3CCCC3)c(=NC3CCCC3)s2)cc1. The molecule has 2 saturated carbocycles. The molecule has 0 aliphatic heterocycles. The lowest BCUT2D eigenvalue weighted by molar-refractivity contribution is 0.103. The molecule has 162 valence electrons. The highest BCUT2D eigenvalue weighted by Crippen LogP contribution is 2.28. The van der Waals surface area contributed by atoms with Crippen LogP contribution in [0.3, 0.4) is 0 Å². The fraction of sp³-hybridized carbons (Fsp3) is 0.500. The minimum absolute atomic E-state index is 0. The summed E-state index contributed by atoms with van der Waals surface area (Å²) >= 11 is 1.33. The van der Waals surface area contributed by atoms with E-state index in [0.29, 0.717) is 15.4 Å². The molecule has 30 heavy (non-hydrogen) atoms. The Balaban J connectivity index is 0.00000256. The molecule has 0 bridgehead atoms. The minimum atomic E-state index is -0.279. The lowest BCUT2D eigenvalue weighted by Crippen LogP contribution is -2.36. The number of carbonyl (C=O) groups excluding carboxylic acids is 1. The second-order valence-electron chi connectivity index (χ2n) is 7.79. The second kappa shape index (κ2) is 10.4. The van der Waals surface area contributed by atoms with Crippen molar-refractivity contribution >= 4 is 39.9 Å². The van der Waals surface area contributed by atoms with Gasteiger partial charge in [-0.15, -0.1) is 17.0 Å². The summed E-state index contributed by atoms with van der Waals surface area (Å²) < 4.78 is 7.00. The molecule has 1 aromatic heterocycles. The lowest BCUT2D eigenvalue weighted by atomic mass is 10.2. The van der Waals surface area contributed by atoms with Crippen molar-refractivity contribution < 1.29 is 9.53 Å². The van der Waals surface area contributed by atoms with E-state index in [4.69, 9.17) is 9.73 Å². The van der Waals surface area contributed by atoms with Crippen molar-refractivity contribution in [2.24, 2.45) is 4.99 Å². The molecule has 1 N–H and O–H groups in total. The van der Waals surface area contributed by atoms with Gasteiger partial charge in [-0.1, -0.05) is 37.0 Å². The van der Waals surface area contributed by atoms with Gasteiger partial charge in [-0.05, 0) is 49.9 Å². The van der Waals surface area contributed by atoms with E-state index < -0.39 is 0 Å². The van der Waals surface area contributed by atoms with E-state index in [1.165, 1.54) is 30.2 Å². The van der Waals surface area contributed by atoms with Crippen molar-refractivity contribution in [1.82, 2.24) is 4.57 Å². The highest BCUT2D eigenvalue weighted by atomic mass is 79.9. The van der Waals surface area contributed by atoms with Gasteiger partial charge in [-0.3, -0.25) is 19.1 Å². The molecule has 0 radical (unpaired) electrons. The quantitative estimate of drug-likeness (QED) is 0.655. The number of aromatic nitrogens is 1. The van der Waals surface area contributed by atoms with E-state index in [-0.39, 0.29) is 40.5 Å². The topological polar surface area (TPSA) is 72.7 Å². The summed E-state index contributed by atoms with van der Waals surface area (Å²) in [4.78, 5) is 31.8. The van der Waals surface area contributed by atoms with E-state index in [0.717, 1.165) is 44.3 Å². The highest BCUT2D eigenvalue weighted by molar-refractivity contribution is 8.93. The molecule has 0 atom stereocenters. The number of carbonyl (C=O) groups is 1. The first-order chi connectivity index (χ1) is 14.1. The van der Waals surface area contributed by atoms with Crippen LogP contribution in [-0.2, 0) is 0 Å². The minimum Gasteiger partial charge on any atom is -0.497 e. The summed E-state index contributed by atoms with van der Waals surface area (Å²) in [5.41, 5.74) is 0.546. The van der Waals surface area contributed by atoms with Crippen LogP contribution in [0.1, 0.15) is 67.1 Å².